The molecule has 4 aromatic rings. The minimum atomic E-state index is -4.43. The normalized spacial score (nSPS) is 13.6. The summed E-state index contributed by atoms with van der Waals surface area (Å²) in [4.78, 5) is 18.8. The molecule has 2 heterocycles. The summed E-state index contributed by atoms with van der Waals surface area (Å²) in [6, 6.07) is 16.4. The summed E-state index contributed by atoms with van der Waals surface area (Å²) in [5.74, 6) is 0.371. The number of rotatable bonds is 3. The second kappa shape index (κ2) is 7.67. The fraction of sp³-hybridized carbons (Fsp3) is 0.125. The van der Waals surface area contributed by atoms with E-state index in [2.05, 4.69) is 4.98 Å². The zero-order valence-electron chi connectivity index (χ0n) is 16.9. The van der Waals surface area contributed by atoms with Crippen molar-refractivity contribution in [3.05, 3.63) is 83.2 Å². The number of ether oxygens (including phenoxy) is 1. The van der Waals surface area contributed by atoms with Gasteiger partial charge in [-0.2, -0.15) is 23.4 Å². The van der Waals surface area contributed by atoms with E-state index in [0.29, 0.717) is 46.6 Å². The number of anilines is 1. The number of alkyl halides is 3. The molecule has 0 radical (unpaired) electrons. The smallest absolute Gasteiger partial charge is 0.416 e. The summed E-state index contributed by atoms with van der Waals surface area (Å²) in [6.07, 6.45) is -3.94. The number of oxazole rings is 1. The Labute approximate surface area is 185 Å². The maximum atomic E-state index is 13.2. The van der Waals surface area contributed by atoms with E-state index >= 15 is 0 Å². The fourth-order valence-corrected chi connectivity index (χ4v) is 3.80. The van der Waals surface area contributed by atoms with Gasteiger partial charge in [-0.1, -0.05) is 6.07 Å². The highest BCUT2D eigenvalue weighted by atomic mass is 19.4. The average molecular weight is 449 g/mol. The quantitative estimate of drug-likeness (QED) is 0.400. The van der Waals surface area contributed by atoms with Gasteiger partial charge in [-0.15, -0.1) is 0 Å². The van der Waals surface area contributed by atoms with E-state index in [1.807, 2.05) is 6.07 Å². The van der Waals surface area contributed by atoms with Crippen LogP contribution in [0.2, 0.25) is 0 Å². The molecule has 5 rings (SSSR count). The first-order valence-electron chi connectivity index (χ1n) is 9.93. The molecule has 1 aromatic heterocycles. The van der Waals surface area contributed by atoms with E-state index in [9.17, 15) is 18.0 Å². The van der Waals surface area contributed by atoms with Crippen LogP contribution >= 0.6 is 0 Å². The van der Waals surface area contributed by atoms with E-state index in [1.165, 1.54) is 12.1 Å². The summed E-state index contributed by atoms with van der Waals surface area (Å²) in [5, 5.41) is 8.96. The van der Waals surface area contributed by atoms with Crippen LogP contribution in [0.1, 0.15) is 27.4 Å². The summed E-state index contributed by atoms with van der Waals surface area (Å²) >= 11 is 0. The molecule has 0 unspecified atom stereocenters. The molecule has 0 fully saturated rings. The fourth-order valence-electron chi connectivity index (χ4n) is 3.80. The Kier molecular flexibility index (Phi) is 4.78. The highest BCUT2D eigenvalue weighted by Gasteiger charge is 2.31. The third-order valence-corrected chi connectivity index (χ3v) is 5.38. The largest absolute Gasteiger partial charge is 0.457 e. The number of amides is 1. The minimum Gasteiger partial charge on any atom is -0.457 e. The van der Waals surface area contributed by atoms with Gasteiger partial charge in [-0.3, -0.25) is 4.79 Å². The number of halogens is 3. The number of fused-ring (bicyclic) bond motifs is 2. The monoisotopic (exact) mass is 449 g/mol. The van der Waals surface area contributed by atoms with Gasteiger partial charge in [-0.05, 0) is 55.0 Å². The lowest BCUT2D eigenvalue weighted by Crippen LogP contribution is -2.37. The Morgan fingerprint density at radius 3 is 2.61 bits per heavy atom. The van der Waals surface area contributed by atoms with Gasteiger partial charge in [0.25, 0.3) is 5.91 Å². The summed E-state index contributed by atoms with van der Waals surface area (Å²) in [6.45, 7) is 0.365. The van der Waals surface area contributed by atoms with Gasteiger partial charge >= 0.3 is 12.1 Å². The number of benzene rings is 3. The Morgan fingerprint density at radius 2 is 1.88 bits per heavy atom. The molecule has 1 aliphatic heterocycles. The lowest BCUT2D eigenvalue weighted by Gasteiger charge is -2.29. The van der Waals surface area contributed by atoms with Crippen LogP contribution < -0.4 is 9.64 Å². The molecule has 0 spiro atoms. The van der Waals surface area contributed by atoms with Gasteiger partial charge < -0.3 is 14.1 Å². The van der Waals surface area contributed by atoms with Crippen LogP contribution in [0.3, 0.4) is 0 Å². The predicted molar refractivity (Wildman–Crippen MR) is 112 cm³/mol. The predicted octanol–water partition coefficient (Wildman–Crippen LogP) is 5.71. The number of hydrogen-bond acceptors (Lipinski definition) is 5. The van der Waals surface area contributed by atoms with Crippen LogP contribution in [0.15, 0.2) is 65.1 Å². The number of nitriles is 1. The van der Waals surface area contributed by atoms with Crippen molar-refractivity contribution < 1.29 is 27.1 Å². The van der Waals surface area contributed by atoms with Crippen molar-refractivity contribution >= 4 is 22.7 Å². The Bertz CT molecular complexity index is 1420. The van der Waals surface area contributed by atoms with Crippen LogP contribution in [-0.2, 0) is 12.6 Å². The molecular weight excluding hydrogens is 435 g/mol. The van der Waals surface area contributed by atoms with Crippen LogP contribution in [0.25, 0.3) is 11.1 Å². The van der Waals surface area contributed by atoms with Crippen molar-refractivity contribution in [2.24, 2.45) is 0 Å². The Balaban J connectivity index is 1.42. The molecule has 164 valence electrons. The number of nitrogens with zero attached hydrogens (tertiary/aromatic N) is 3. The first-order valence-corrected chi connectivity index (χ1v) is 9.93. The zero-order valence-corrected chi connectivity index (χ0v) is 16.9. The SMILES string of the molecule is N#Cc1nc2ccc(N3CCc4c(Oc5ccc(C(F)(F)F)cc5)cccc4C3=O)cc2o1. The lowest BCUT2D eigenvalue weighted by atomic mass is 9.97. The molecule has 0 N–H and O–H groups in total. The second-order valence-corrected chi connectivity index (χ2v) is 7.40. The van der Waals surface area contributed by atoms with Crippen LogP contribution in [0.5, 0.6) is 11.5 Å². The molecular formula is C24H14F3N3O3. The minimum absolute atomic E-state index is 0.0532. The van der Waals surface area contributed by atoms with Crippen LogP contribution in [0.4, 0.5) is 18.9 Å². The van der Waals surface area contributed by atoms with E-state index in [4.69, 9.17) is 14.4 Å². The molecule has 9 heteroatoms. The topological polar surface area (TPSA) is 79.4 Å². The lowest BCUT2D eigenvalue weighted by molar-refractivity contribution is -0.137. The van der Waals surface area contributed by atoms with Crippen molar-refractivity contribution in [1.82, 2.24) is 4.98 Å². The maximum absolute atomic E-state index is 13.2. The van der Waals surface area contributed by atoms with Gasteiger partial charge in [-0.25, -0.2) is 0 Å². The summed E-state index contributed by atoms with van der Waals surface area (Å²) in [7, 11) is 0. The maximum Gasteiger partial charge on any atom is 0.416 e. The molecule has 0 saturated carbocycles. The number of carbonyl (C=O) groups excluding carboxylic acids is 1. The average Bonchev–Trinajstić information content (AvgIpc) is 3.22. The van der Waals surface area contributed by atoms with Crippen molar-refractivity contribution in [3.8, 4) is 17.6 Å². The summed E-state index contributed by atoms with van der Waals surface area (Å²) in [5.41, 5.74) is 1.90. The number of hydrogen-bond donors (Lipinski definition) is 0. The molecule has 6 nitrogen and oxygen atoms in total. The van der Waals surface area contributed by atoms with Crippen molar-refractivity contribution in [2.45, 2.75) is 12.6 Å². The van der Waals surface area contributed by atoms with Crippen molar-refractivity contribution in [3.63, 3.8) is 0 Å². The van der Waals surface area contributed by atoms with E-state index in [-0.39, 0.29) is 17.5 Å². The number of aromatic nitrogens is 1. The molecule has 0 bridgehead atoms. The molecule has 0 atom stereocenters. The molecule has 3 aromatic carbocycles. The van der Waals surface area contributed by atoms with E-state index in [0.717, 1.165) is 12.1 Å². The molecule has 0 aliphatic carbocycles. The standard InChI is InChI=1S/C24H14F3N3O3/c25-24(26,27)14-4-7-16(8-5-14)32-20-3-1-2-18-17(20)10-11-30(23(18)31)15-6-9-19-21(12-15)33-22(13-28)29-19/h1-9,12H,10-11H2. The van der Waals surface area contributed by atoms with Crippen LogP contribution in [-0.4, -0.2) is 17.4 Å². The van der Waals surface area contributed by atoms with Crippen molar-refractivity contribution in [1.29, 1.82) is 5.26 Å². The third kappa shape index (κ3) is 3.76. The van der Waals surface area contributed by atoms with Crippen molar-refractivity contribution in [2.75, 3.05) is 11.4 Å². The zero-order chi connectivity index (χ0) is 23.2. The third-order valence-electron chi connectivity index (χ3n) is 5.38. The molecule has 0 saturated heterocycles. The van der Waals surface area contributed by atoms with E-state index < -0.39 is 11.7 Å². The Morgan fingerprint density at radius 1 is 1.09 bits per heavy atom. The number of carbonyl (C=O) groups is 1. The first-order chi connectivity index (χ1) is 15.8. The van der Waals surface area contributed by atoms with Gasteiger partial charge in [0.15, 0.2) is 11.7 Å². The van der Waals surface area contributed by atoms with Gasteiger partial charge in [0.2, 0.25) is 0 Å². The molecule has 33 heavy (non-hydrogen) atoms. The summed E-state index contributed by atoms with van der Waals surface area (Å²) < 4.78 is 49.6. The van der Waals surface area contributed by atoms with Gasteiger partial charge in [0.1, 0.15) is 17.0 Å². The first kappa shape index (κ1) is 20.6. The Hall–Kier alpha value is -4.32. The molecule has 1 aliphatic rings. The second-order valence-electron chi connectivity index (χ2n) is 7.40. The molecule has 1 amide bonds. The highest BCUT2D eigenvalue weighted by molar-refractivity contribution is 6.09. The van der Waals surface area contributed by atoms with Gasteiger partial charge in [0.05, 0.1) is 5.56 Å². The van der Waals surface area contributed by atoms with Gasteiger partial charge in [0, 0.05) is 29.4 Å². The highest BCUT2D eigenvalue weighted by Crippen LogP contribution is 2.35. The van der Waals surface area contributed by atoms with E-state index in [1.54, 1.807) is 41.3 Å². The van der Waals surface area contributed by atoms with Crippen LogP contribution in [0, 0.1) is 11.3 Å².